The van der Waals surface area contributed by atoms with Crippen LogP contribution in [0.25, 0.3) is 0 Å². The summed E-state index contributed by atoms with van der Waals surface area (Å²) in [6, 6.07) is 2.66. The van der Waals surface area contributed by atoms with E-state index in [0.29, 0.717) is 16.4 Å². The van der Waals surface area contributed by atoms with Gasteiger partial charge < -0.3 is 20.4 Å². The number of unbranched alkanes of at least 4 members (excludes halogenated alkanes) is 1. The largest absolute Gasteiger partial charge is 0.492 e. The Bertz CT molecular complexity index is 635. The van der Waals surface area contributed by atoms with Crippen LogP contribution >= 0.6 is 11.8 Å². The highest BCUT2D eigenvalue weighted by Gasteiger charge is 2.35. The third-order valence-electron chi connectivity index (χ3n) is 3.94. The molecule has 0 aliphatic carbocycles. The van der Waals surface area contributed by atoms with Gasteiger partial charge in [0.15, 0.2) is 0 Å². The molecule has 3 N–H and O–H groups in total. The quantitative estimate of drug-likeness (QED) is 0.668. The summed E-state index contributed by atoms with van der Waals surface area (Å²) in [4.78, 5) is 27.9. The van der Waals surface area contributed by atoms with E-state index in [4.69, 9.17) is 4.84 Å². The minimum atomic E-state index is -0.513. The average Bonchev–Trinajstić information content (AvgIpc) is 3.14. The van der Waals surface area contributed by atoms with Gasteiger partial charge in [0, 0.05) is 35.6 Å². The fraction of sp³-hybridized carbons (Fsp3) is 0.467. The molecule has 3 rings (SSSR count). The summed E-state index contributed by atoms with van der Waals surface area (Å²) in [6.07, 6.45) is 4.30. The predicted octanol–water partition coefficient (Wildman–Crippen LogP) is 0.955. The van der Waals surface area contributed by atoms with Crippen LogP contribution in [0.15, 0.2) is 23.8 Å². The van der Waals surface area contributed by atoms with Crippen molar-refractivity contribution in [3.05, 3.63) is 23.8 Å². The van der Waals surface area contributed by atoms with E-state index in [-0.39, 0.29) is 30.1 Å². The number of aromatic nitrogens is 1. The van der Waals surface area contributed by atoms with E-state index in [1.165, 1.54) is 17.7 Å². The van der Waals surface area contributed by atoms with Gasteiger partial charge in [-0.3, -0.25) is 4.79 Å². The van der Waals surface area contributed by atoms with Crippen LogP contribution in [0.1, 0.15) is 25.7 Å². The molecule has 0 spiro atoms. The van der Waals surface area contributed by atoms with Gasteiger partial charge in [-0.15, -0.1) is 4.73 Å². The number of fused-ring (bicyclic) bond motifs is 1. The summed E-state index contributed by atoms with van der Waals surface area (Å²) in [6.45, 7) is 0. The first kappa shape index (κ1) is 15.8. The van der Waals surface area contributed by atoms with Crippen molar-refractivity contribution >= 4 is 23.6 Å². The predicted molar refractivity (Wildman–Crippen MR) is 84.1 cm³/mol. The van der Waals surface area contributed by atoms with Crippen LogP contribution in [-0.4, -0.2) is 43.9 Å². The van der Waals surface area contributed by atoms with Crippen LogP contribution in [0, 0.1) is 0 Å². The third kappa shape index (κ3) is 3.47. The highest BCUT2D eigenvalue weighted by atomic mass is 32.2. The lowest BCUT2D eigenvalue weighted by molar-refractivity contribution is -0.145. The second-order valence-corrected chi connectivity index (χ2v) is 6.82. The molecule has 3 heterocycles. The fourth-order valence-electron chi connectivity index (χ4n) is 2.80. The average molecular weight is 338 g/mol. The molecule has 1 aromatic heterocycles. The van der Waals surface area contributed by atoms with E-state index >= 15 is 0 Å². The molecule has 0 radical (unpaired) electrons. The second-order valence-electron chi connectivity index (χ2n) is 5.58. The van der Waals surface area contributed by atoms with Crippen LogP contribution in [0.5, 0.6) is 11.8 Å². The molecule has 1 fully saturated rings. The molecule has 2 aliphatic heterocycles. The molecular weight excluding hydrogens is 320 g/mol. The molecule has 2 aliphatic rings. The van der Waals surface area contributed by atoms with E-state index < -0.39 is 5.97 Å². The number of hydrogen-bond donors (Lipinski definition) is 3. The van der Waals surface area contributed by atoms with Gasteiger partial charge in [-0.05, 0) is 18.4 Å². The number of carbonyl (C=O) groups is 2. The number of nitrogens with one attached hydrogen (secondary N) is 1. The van der Waals surface area contributed by atoms with Crippen LogP contribution in [0.4, 0.5) is 0 Å². The van der Waals surface area contributed by atoms with Crippen molar-refractivity contribution in [3.63, 3.8) is 0 Å². The molecule has 0 saturated carbocycles. The van der Waals surface area contributed by atoms with Crippen molar-refractivity contribution in [1.82, 2.24) is 10.0 Å². The second kappa shape index (κ2) is 6.57. The normalized spacial score (nSPS) is 22.6. The first-order chi connectivity index (χ1) is 11.0. The Labute approximate surface area is 137 Å². The van der Waals surface area contributed by atoms with Gasteiger partial charge in [-0.1, -0.05) is 6.42 Å². The Kier molecular flexibility index (Phi) is 4.51. The molecule has 1 aromatic rings. The zero-order valence-corrected chi connectivity index (χ0v) is 13.2. The maximum Gasteiger partial charge on any atom is 0.333 e. The van der Waals surface area contributed by atoms with Gasteiger partial charge >= 0.3 is 5.97 Å². The molecule has 7 nitrogen and oxygen atoms in total. The monoisotopic (exact) mass is 338 g/mol. The molecule has 0 bridgehead atoms. The summed E-state index contributed by atoms with van der Waals surface area (Å²) in [5.41, 5.74) is 1.17. The SMILES string of the molecule is O=C1C=C2C(CSC2CCCCC(=O)On2c(O)ccc2O)N1. The Balaban J connectivity index is 1.39. The maximum atomic E-state index is 11.7. The van der Waals surface area contributed by atoms with Gasteiger partial charge in [-0.25, -0.2) is 4.79 Å². The molecule has 124 valence electrons. The zero-order valence-electron chi connectivity index (χ0n) is 12.4. The number of nitrogens with zero attached hydrogens (tertiary/aromatic N) is 1. The Morgan fingerprint density at radius 1 is 1.35 bits per heavy atom. The fourth-order valence-corrected chi connectivity index (χ4v) is 4.26. The lowest BCUT2D eigenvalue weighted by atomic mass is 10.0. The highest BCUT2D eigenvalue weighted by molar-refractivity contribution is 8.00. The summed E-state index contributed by atoms with van der Waals surface area (Å²) < 4.78 is 0.695. The smallest absolute Gasteiger partial charge is 0.333 e. The Morgan fingerprint density at radius 2 is 2.09 bits per heavy atom. The molecule has 23 heavy (non-hydrogen) atoms. The number of thioether (sulfide) groups is 1. The molecule has 1 amide bonds. The van der Waals surface area contributed by atoms with Crippen molar-refractivity contribution in [2.75, 3.05) is 5.75 Å². The summed E-state index contributed by atoms with van der Waals surface area (Å²) in [7, 11) is 0. The van der Waals surface area contributed by atoms with Crippen molar-refractivity contribution in [3.8, 4) is 11.8 Å². The molecule has 0 aromatic carbocycles. The van der Waals surface area contributed by atoms with Crippen LogP contribution in [0.3, 0.4) is 0 Å². The van der Waals surface area contributed by atoms with Crippen LogP contribution in [-0.2, 0) is 9.59 Å². The van der Waals surface area contributed by atoms with E-state index in [1.807, 2.05) is 11.8 Å². The van der Waals surface area contributed by atoms with Crippen LogP contribution < -0.4 is 10.2 Å². The van der Waals surface area contributed by atoms with Gasteiger partial charge in [0.25, 0.3) is 0 Å². The number of rotatable bonds is 6. The van der Waals surface area contributed by atoms with Gasteiger partial charge in [-0.2, -0.15) is 11.8 Å². The van der Waals surface area contributed by atoms with Gasteiger partial charge in [0.05, 0.1) is 6.04 Å². The molecule has 2 atom stereocenters. The van der Waals surface area contributed by atoms with Gasteiger partial charge in [0.1, 0.15) is 0 Å². The first-order valence-corrected chi connectivity index (χ1v) is 8.54. The number of hydrogen-bond acceptors (Lipinski definition) is 6. The molecular formula is C15H18N2O5S. The topological polar surface area (TPSA) is 101 Å². The van der Waals surface area contributed by atoms with Crippen molar-refractivity contribution in [2.24, 2.45) is 0 Å². The number of aromatic hydroxyl groups is 2. The van der Waals surface area contributed by atoms with E-state index in [1.54, 1.807) is 6.08 Å². The summed E-state index contributed by atoms with van der Waals surface area (Å²) in [5.74, 6) is -0.258. The summed E-state index contributed by atoms with van der Waals surface area (Å²) >= 11 is 1.83. The van der Waals surface area contributed by atoms with Crippen molar-refractivity contribution in [2.45, 2.75) is 37.0 Å². The lowest BCUT2D eigenvalue weighted by Gasteiger charge is -2.10. The standard InChI is InChI=1S/C15H18N2O5S/c18-12-7-9-10(16-12)8-23-11(9)3-1-2-4-15(21)22-17-13(19)5-6-14(17)20/h5-7,10-11,19-20H,1-4,8H2,(H,16,18). The van der Waals surface area contributed by atoms with Gasteiger partial charge in [0.2, 0.25) is 17.7 Å². The van der Waals surface area contributed by atoms with Crippen molar-refractivity contribution in [1.29, 1.82) is 0 Å². The lowest BCUT2D eigenvalue weighted by Crippen LogP contribution is -2.28. The molecule has 2 unspecified atom stereocenters. The Hall–Kier alpha value is -2.09. The third-order valence-corrected chi connectivity index (χ3v) is 5.38. The first-order valence-electron chi connectivity index (χ1n) is 7.49. The molecule has 8 heteroatoms. The Morgan fingerprint density at radius 3 is 2.83 bits per heavy atom. The minimum Gasteiger partial charge on any atom is -0.492 e. The number of amides is 1. The maximum absolute atomic E-state index is 11.7. The van der Waals surface area contributed by atoms with Crippen LogP contribution in [0.2, 0.25) is 0 Å². The number of carbonyl (C=O) groups excluding carboxylic acids is 2. The van der Waals surface area contributed by atoms with E-state index in [9.17, 15) is 19.8 Å². The molecule has 1 saturated heterocycles. The van der Waals surface area contributed by atoms with Crippen molar-refractivity contribution < 1.29 is 24.6 Å². The minimum absolute atomic E-state index is 0.00906. The van der Waals surface area contributed by atoms with E-state index in [2.05, 4.69) is 5.32 Å². The zero-order chi connectivity index (χ0) is 16.4. The summed E-state index contributed by atoms with van der Waals surface area (Å²) in [5, 5.41) is 22.0. The van der Waals surface area contributed by atoms with E-state index in [0.717, 1.165) is 18.6 Å². The highest BCUT2D eigenvalue weighted by Crippen LogP contribution is 2.37.